The Balaban J connectivity index is 1.29. The van der Waals surface area contributed by atoms with Crippen LogP contribution in [0.25, 0.3) is 10.8 Å². The molecule has 0 bridgehead atoms. The van der Waals surface area contributed by atoms with E-state index in [1.165, 1.54) is 12.8 Å². The van der Waals surface area contributed by atoms with Crippen molar-refractivity contribution in [3.63, 3.8) is 0 Å². The molecule has 2 saturated carbocycles. The lowest BCUT2D eigenvalue weighted by Gasteiger charge is -2.60. The minimum atomic E-state index is -0.335. The van der Waals surface area contributed by atoms with Gasteiger partial charge < -0.3 is 20.1 Å². The Morgan fingerprint density at radius 3 is 2.64 bits per heavy atom. The average Bonchev–Trinajstić information content (AvgIpc) is 3.72. The van der Waals surface area contributed by atoms with Gasteiger partial charge in [-0.3, -0.25) is 4.79 Å². The van der Waals surface area contributed by atoms with Crippen molar-refractivity contribution in [1.29, 1.82) is 0 Å². The second-order valence-corrected chi connectivity index (χ2v) is 11.2. The van der Waals surface area contributed by atoms with Crippen molar-refractivity contribution >= 4 is 16.7 Å². The summed E-state index contributed by atoms with van der Waals surface area (Å²) in [5.41, 5.74) is 1.22. The monoisotopic (exact) mass is 484 g/mol. The molecule has 0 aromatic heterocycles. The number of carbonyl (C=O) groups excluding carboxylic acids is 1. The first kappa shape index (κ1) is 23.5. The fourth-order valence-electron chi connectivity index (χ4n) is 6.94. The van der Waals surface area contributed by atoms with Crippen LogP contribution in [-0.4, -0.2) is 54.3 Å². The van der Waals surface area contributed by atoms with Gasteiger partial charge in [0.15, 0.2) is 0 Å². The van der Waals surface area contributed by atoms with E-state index >= 15 is 0 Å². The lowest BCUT2D eigenvalue weighted by molar-refractivity contribution is -0.148. The van der Waals surface area contributed by atoms with Crippen LogP contribution in [-0.2, 0) is 10.2 Å². The molecular weight excluding hydrogens is 448 g/mol. The summed E-state index contributed by atoms with van der Waals surface area (Å²) < 4.78 is 6.46. The van der Waals surface area contributed by atoms with E-state index in [1.54, 1.807) is 6.07 Å². The fourth-order valence-corrected chi connectivity index (χ4v) is 6.94. The third-order valence-electron chi connectivity index (χ3n) is 9.05. The van der Waals surface area contributed by atoms with Gasteiger partial charge in [-0.2, -0.15) is 0 Å². The molecule has 1 heterocycles. The lowest BCUT2D eigenvalue weighted by atomic mass is 9.55. The highest BCUT2D eigenvalue weighted by molar-refractivity contribution is 5.98. The Morgan fingerprint density at radius 1 is 1.03 bits per heavy atom. The van der Waals surface area contributed by atoms with Crippen molar-refractivity contribution in [2.45, 2.75) is 55.6 Å². The van der Waals surface area contributed by atoms with Crippen LogP contribution in [0.1, 0.15) is 54.4 Å². The molecule has 188 valence electrons. The molecule has 3 aromatic carbocycles. The third-order valence-corrected chi connectivity index (χ3v) is 9.05. The zero-order valence-electron chi connectivity index (χ0n) is 21.1. The maximum Gasteiger partial charge on any atom is 0.251 e. The number of fused-ring (bicyclic) bond motifs is 2. The van der Waals surface area contributed by atoms with Gasteiger partial charge in [0.25, 0.3) is 5.91 Å². The lowest BCUT2D eigenvalue weighted by Crippen LogP contribution is -2.68. The van der Waals surface area contributed by atoms with E-state index < -0.39 is 0 Å². The zero-order chi connectivity index (χ0) is 24.8. The molecule has 0 unspecified atom stereocenters. The van der Waals surface area contributed by atoms with Gasteiger partial charge in [-0.15, -0.1) is 0 Å². The SMILES string of the molecule is CO[C@]12CC[C@H](NC(=O)c3ccc4ccccc4c3)C[C@]1(c1cccc(O)c1)CCN(CC1CC1)C2. The van der Waals surface area contributed by atoms with Gasteiger partial charge in [0, 0.05) is 37.2 Å². The second kappa shape index (κ2) is 9.20. The van der Waals surface area contributed by atoms with E-state index in [9.17, 15) is 9.90 Å². The topological polar surface area (TPSA) is 61.8 Å². The maximum absolute atomic E-state index is 13.4. The number of phenolic OH excluding ortho intramolecular Hbond substituents is 1. The summed E-state index contributed by atoms with van der Waals surface area (Å²) in [6.45, 7) is 3.08. The molecule has 3 fully saturated rings. The number of hydrogen-bond donors (Lipinski definition) is 2. The zero-order valence-corrected chi connectivity index (χ0v) is 21.1. The first-order chi connectivity index (χ1) is 17.5. The van der Waals surface area contributed by atoms with Crippen LogP contribution in [0.2, 0.25) is 0 Å². The molecule has 5 heteroatoms. The Bertz CT molecular complexity index is 1270. The van der Waals surface area contributed by atoms with E-state index in [1.807, 2.05) is 55.6 Å². The van der Waals surface area contributed by atoms with Crippen LogP contribution in [0.4, 0.5) is 0 Å². The van der Waals surface area contributed by atoms with Crippen molar-refractivity contribution in [2.75, 3.05) is 26.7 Å². The number of likely N-dealkylation sites (tertiary alicyclic amines) is 1. The first-order valence-electron chi connectivity index (χ1n) is 13.4. The van der Waals surface area contributed by atoms with Gasteiger partial charge in [0.1, 0.15) is 5.75 Å². The smallest absolute Gasteiger partial charge is 0.251 e. The number of nitrogens with one attached hydrogen (secondary N) is 1. The Morgan fingerprint density at radius 2 is 1.86 bits per heavy atom. The number of benzene rings is 3. The summed E-state index contributed by atoms with van der Waals surface area (Å²) in [6, 6.07) is 21.8. The van der Waals surface area contributed by atoms with Gasteiger partial charge >= 0.3 is 0 Å². The molecule has 1 saturated heterocycles. The van der Waals surface area contributed by atoms with Crippen LogP contribution < -0.4 is 5.32 Å². The maximum atomic E-state index is 13.4. The van der Waals surface area contributed by atoms with Crippen LogP contribution in [0.5, 0.6) is 5.75 Å². The molecule has 1 aliphatic heterocycles. The van der Waals surface area contributed by atoms with Crippen molar-refractivity contribution in [1.82, 2.24) is 10.2 Å². The van der Waals surface area contributed by atoms with Gasteiger partial charge in [-0.05, 0) is 91.6 Å². The molecule has 3 atom stereocenters. The summed E-state index contributed by atoms with van der Waals surface area (Å²) in [6.07, 6.45) is 6.21. The third kappa shape index (κ3) is 4.18. The molecular formula is C31H36N2O3. The second-order valence-electron chi connectivity index (χ2n) is 11.2. The summed E-state index contributed by atoms with van der Waals surface area (Å²) in [7, 11) is 1.85. The Kier molecular flexibility index (Phi) is 6.01. The quantitative estimate of drug-likeness (QED) is 0.501. The summed E-state index contributed by atoms with van der Waals surface area (Å²) >= 11 is 0. The van der Waals surface area contributed by atoms with E-state index in [2.05, 4.69) is 22.3 Å². The fraction of sp³-hybridized carbons (Fsp3) is 0.452. The number of hydrogen-bond acceptors (Lipinski definition) is 4. The molecule has 6 rings (SSSR count). The molecule has 1 amide bonds. The largest absolute Gasteiger partial charge is 0.508 e. The summed E-state index contributed by atoms with van der Waals surface area (Å²) in [5.74, 6) is 1.10. The van der Waals surface area contributed by atoms with Gasteiger partial charge in [-0.25, -0.2) is 0 Å². The molecule has 36 heavy (non-hydrogen) atoms. The molecule has 5 nitrogen and oxygen atoms in total. The number of nitrogens with zero attached hydrogens (tertiary/aromatic N) is 1. The number of carbonyl (C=O) groups is 1. The number of methoxy groups -OCH3 is 1. The molecule has 2 aliphatic carbocycles. The van der Waals surface area contributed by atoms with E-state index in [0.717, 1.165) is 67.6 Å². The predicted molar refractivity (Wildman–Crippen MR) is 142 cm³/mol. The number of piperidine rings is 1. The van der Waals surface area contributed by atoms with Gasteiger partial charge in [0.05, 0.1) is 5.60 Å². The van der Waals surface area contributed by atoms with Crippen LogP contribution in [0.15, 0.2) is 66.7 Å². The van der Waals surface area contributed by atoms with Crippen LogP contribution in [0, 0.1) is 5.92 Å². The number of aromatic hydroxyl groups is 1. The Labute approximate surface area is 213 Å². The van der Waals surface area contributed by atoms with Crippen molar-refractivity contribution in [3.05, 3.63) is 77.9 Å². The Hall–Kier alpha value is -2.89. The van der Waals surface area contributed by atoms with E-state index in [-0.39, 0.29) is 28.7 Å². The standard InChI is InChI=1S/C31H36N2O3/c1-36-31-14-13-27(32-29(35)25-12-11-23-5-2-3-6-24(23)17-25)19-30(31,26-7-4-8-28(34)18-26)15-16-33(21-31)20-22-9-10-22/h2-8,11-12,17-18,22,27,34H,9-10,13-16,19-21H2,1H3,(H,32,35)/t27-,30-,31-/m0/s1. The average molecular weight is 485 g/mol. The van der Waals surface area contributed by atoms with Gasteiger partial charge in [0.2, 0.25) is 0 Å². The highest BCUT2D eigenvalue weighted by Crippen LogP contribution is 2.54. The van der Waals surface area contributed by atoms with Crippen molar-refractivity contribution in [3.8, 4) is 5.75 Å². The van der Waals surface area contributed by atoms with Crippen molar-refractivity contribution < 1.29 is 14.6 Å². The highest BCUT2D eigenvalue weighted by atomic mass is 16.5. The predicted octanol–water partition coefficient (Wildman–Crippen LogP) is 5.27. The normalized spacial score (nSPS) is 28.5. The summed E-state index contributed by atoms with van der Waals surface area (Å²) in [4.78, 5) is 15.9. The number of amides is 1. The highest BCUT2D eigenvalue weighted by Gasteiger charge is 2.59. The first-order valence-corrected chi connectivity index (χ1v) is 13.4. The number of phenols is 1. The molecule has 2 N–H and O–H groups in total. The molecule has 0 radical (unpaired) electrons. The molecule has 3 aromatic rings. The number of ether oxygens (including phenoxy) is 1. The van der Waals surface area contributed by atoms with Crippen LogP contribution in [0.3, 0.4) is 0 Å². The number of rotatable bonds is 6. The van der Waals surface area contributed by atoms with Gasteiger partial charge in [-0.1, -0.05) is 42.5 Å². The van der Waals surface area contributed by atoms with Crippen LogP contribution >= 0.6 is 0 Å². The van der Waals surface area contributed by atoms with Crippen molar-refractivity contribution in [2.24, 2.45) is 5.92 Å². The molecule has 3 aliphatic rings. The summed E-state index contributed by atoms with van der Waals surface area (Å²) in [5, 5.41) is 16.0. The molecule has 0 spiro atoms. The van der Waals surface area contributed by atoms with E-state index in [0.29, 0.717) is 5.56 Å². The van der Waals surface area contributed by atoms with E-state index in [4.69, 9.17) is 4.74 Å². The minimum absolute atomic E-state index is 0.0205. The minimum Gasteiger partial charge on any atom is -0.508 e.